The first kappa shape index (κ1) is 20.4. The van der Waals surface area contributed by atoms with Crippen LogP contribution < -0.4 is 5.32 Å². The summed E-state index contributed by atoms with van der Waals surface area (Å²) in [7, 11) is -3.65. The van der Waals surface area contributed by atoms with Crippen molar-refractivity contribution < 1.29 is 17.7 Å². The van der Waals surface area contributed by atoms with Crippen LogP contribution in [-0.4, -0.2) is 47.5 Å². The van der Waals surface area contributed by atoms with Gasteiger partial charge in [-0.2, -0.15) is 4.31 Å². The number of sulfonamides is 1. The van der Waals surface area contributed by atoms with Gasteiger partial charge in [-0.25, -0.2) is 8.42 Å². The van der Waals surface area contributed by atoms with Gasteiger partial charge in [0.05, 0.1) is 0 Å². The van der Waals surface area contributed by atoms with Crippen molar-refractivity contribution in [2.24, 2.45) is 0 Å². The summed E-state index contributed by atoms with van der Waals surface area (Å²) in [5, 5.41) is 6.77. The van der Waals surface area contributed by atoms with Gasteiger partial charge in [0.15, 0.2) is 5.76 Å². The third-order valence-corrected chi connectivity index (χ3v) is 7.53. The molecule has 30 heavy (non-hydrogen) atoms. The highest BCUT2D eigenvalue weighted by Gasteiger charge is 2.34. The smallest absolute Gasteiger partial charge is 0.251 e. The molecule has 4 rings (SSSR count). The van der Waals surface area contributed by atoms with E-state index in [4.69, 9.17) is 4.52 Å². The van der Waals surface area contributed by atoms with Crippen molar-refractivity contribution in [3.05, 3.63) is 65.8 Å². The highest BCUT2D eigenvalue weighted by Crippen LogP contribution is 2.26. The molecule has 0 atom stereocenters. The minimum atomic E-state index is -3.65. The summed E-state index contributed by atoms with van der Waals surface area (Å²) in [5.74, 6) is 0.146. The van der Waals surface area contributed by atoms with Crippen LogP contribution in [0.4, 0.5) is 0 Å². The lowest BCUT2D eigenvalue weighted by atomic mass is 10.1. The molecular weight excluding hydrogens is 404 g/mol. The normalized spacial score (nSPS) is 15.9. The van der Waals surface area contributed by atoms with Gasteiger partial charge in [-0.1, -0.05) is 5.16 Å². The molecule has 3 aromatic rings. The maximum atomic E-state index is 12.9. The maximum Gasteiger partial charge on any atom is 0.251 e. The third kappa shape index (κ3) is 3.90. The topological polar surface area (TPSA) is 97.4 Å². The predicted molar refractivity (Wildman–Crippen MR) is 111 cm³/mol. The fraction of sp³-hybridized carbons (Fsp3) is 0.333. The second kappa shape index (κ2) is 8.08. The number of nitrogens with zero attached hydrogens (tertiary/aromatic N) is 3. The van der Waals surface area contributed by atoms with Crippen molar-refractivity contribution >= 4 is 15.9 Å². The average molecular weight is 429 g/mol. The highest BCUT2D eigenvalue weighted by atomic mass is 32.2. The van der Waals surface area contributed by atoms with Crippen LogP contribution >= 0.6 is 0 Å². The largest absolute Gasteiger partial charge is 0.360 e. The zero-order valence-corrected chi connectivity index (χ0v) is 17.7. The second-order valence-electron chi connectivity index (χ2n) is 7.44. The molecule has 0 radical (unpaired) electrons. The highest BCUT2D eigenvalue weighted by molar-refractivity contribution is 7.89. The molecule has 1 amide bonds. The van der Waals surface area contributed by atoms with Crippen LogP contribution in [0.15, 0.2) is 58.2 Å². The molecule has 0 aliphatic carbocycles. The first-order chi connectivity index (χ1) is 14.4. The van der Waals surface area contributed by atoms with Gasteiger partial charge in [0.2, 0.25) is 10.0 Å². The summed E-state index contributed by atoms with van der Waals surface area (Å²) >= 11 is 0. The average Bonchev–Trinajstić information content (AvgIpc) is 3.38. The number of nitrogens with one attached hydrogen (secondary N) is 1. The molecule has 1 aliphatic heterocycles. The Hall–Kier alpha value is -2.91. The molecule has 3 heterocycles. The number of aromatic nitrogens is 2. The fourth-order valence-electron chi connectivity index (χ4n) is 3.77. The van der Waals surface area contributed by atoms with Crippen molar-refractivity contribution in [3.63, 3.8) is 0 Å². The van der Waals surface area contributed by atoms with Crippen LogP contribution in [0.25, 0.3) is 5.69 Å². The minimum absolute atomic E-state index is 0.0715. The molecule has 1 saturated heterocycles. The molecule has 0 saturated carbocycles. The van der Waals surface area contributed by atoms with E-state index in [2.05, 4.69) is 10.5 Å². The Balaban J connectivity index is 1.36. The van der Waals surface area contributed by atoms with Gasteiger partial charge in [-0.05, 0) is 63.1 Å². The van der Waals surface area contributed by atoms with Gasteiger partial charge < -0.3 is 14.4 Å². The molecule has 9 heteroatoms. The van der Waals surface area contributed by atoms with Crippen LogP contribution in [0.1, 0.15) is 34.7 Å². The van der Waals surface area contributed by atoms with Gasteiger partial charge >= 0.3 is 0 Å². The molecule has 0 unspecified atom stereocenters. The Bertz CT molecular complexity index is 1110. The molecule has 0 spiro atoms. The summed E-state index contributed by atoms with van der Waals surface area (Å²) < 4.78 is 34.2. The van der Waals surface area contributed by atoms with E-state index in [9.17, 15) is 13.2 Å². The number of carbonyl (C=O) groups is 1. The lowest BCUT2D eigenvalue weighted by Gasteiger charge is -2.31. The molecule has 2 aromatic heterocycles. The number of hydrogen-bond donors (Lipinski definition) is 1. The quantitative estimate of drug-likeness (QED) is 0.674. The molecule has 1 fully saturated rings. The lowest BCUT2D eigenvalue weighted by Crippen LogP contribution is -2.46. The van der Waals surface area contributed by atoms with Crippen molar-refractivity contribution in [1.82, 2.24) is 19.3 Å². The molecule has 158 valence electrons. The fourth-order valence-corrected chi connectivity index (χ4v) is 5.53. The Labute approximate surface area is 175 Å². The molecule has 1 N–H and O–H groups in total. The van der Waals surface area contributed by atoms with Crippen LogP contribution in [0.3, 0.4) is 0 Å². The van der Waals surface area contributed by atoms with E-state index in [0.717, 1.165) is 5.69 Å². The van der Waals surface area contributed by atoms with Crippen molar-refractivity contribution in [2.75, 3.05) is 13.1 Å². The van der Waals surface area contributed by atoms with Crippen molar-refractivity contribution in [2.45, 2.75) is 37.6 Å². The second-order valence-corrected chi connectivity index (χ2v) is 9.32. The van der Waals surface area contributed by atoms with Crippen molar-refractivity contribution in [3.8, 4) is 5.69 Å². The van der Waals surface area contributed by atoms with E-state index in [1.807, 2.05) is 41.2 Å². The monoisotopic (exact) mass is 428 g/mol. The van der Waals surface area contributed by atoms with Gasteiger partial charge in [-0.3, -0.25) is 4.79 Å². The number of hydrogen-bond acceptors (Lipinski definition) is 5. The number of piperidine rings is 1. The summed E-state index contributed by atoms with van der Waals surface area (Å²) in [6.07, 6.45) is 4.99. The Morgan fingerprint density at radius 2 is 1.73 bits per heavy atom. The number of benzene rings is 1. The van der Waals surface area contributed by atoms with E-state index in [0.29, 0.717) is 42.9 Å². The van der Waals surface area contributed by atoms with E-state index in [-0.39, 0.29) is 16.8 Å². The minimum Gasteiger partial charge on any atom is -0.360 e. The first-order valence-corrected chi connectivity index (χ1v) is 11.3. The Kier molecular flexibility index (Phi) is 5.48. The number of carbonyl (C=O) groups excluding carboxylic acids is 1. The van der Waals surface area contributed by atoms with Gasteiger partial charge in [0, 0.05) is 42.8 Å². The number of aryl methyl sites for hydroxylation is 2. The summed E-state index contributed by atoms with van der Waals surface area (Å²) in [6.45, 7) is 3.90. The van der Waals surface area contributed by atoms with Crippen LogP contribution in [-0.2, 0) is 10.0 Å². The van der Waals surface area contributed by atoms with Crippen molar-refractivity contribution in [1.29, 1.82) is 0 Å². The number of rotatable bonds is 5. The summed E-state index contributed by atoms with van der Waals surface area (Å²) in [4.78, 5) is 12.7. The third-order valence-electron chi connectivity index (χ3n) is 5.39. The van der Waals surface area contributed by atoms with E-state index < -0.39 is 10.0 Å². The first-order valence-electron chi connectivity index (χ1n) is 9.83. The molecule has 1 aliphatic rings. The Morgan fingerprint density at radius 3 is 2.30 bits per heavy atom. The van der Waals surface area contributed by atoms with Crippen LogP contribution in [0.2, 0.25) is 0 Å². The van der Waals surface area contributed by atoms with Crippen LogP contribution in [0.5, 0.6) is 0 Å². The van der Waals surface area contributed by atoms with Gasteiger partial charge in [-0.15, -0.1) is 0 Å². The van der Waals surface area contributed by atoms with E-state index >= 15 is 0 Å². The molecular formula is C21H24N4O4S. The van der Waals surface area contributed by atoms with E-state index in [1.54, 1.807) is 26.0 Å². The van der Waals surface area contributed by atoms with Gasteiger partial charge in [0.25, 0.3) is 5.91 Å². The Morgan fingerprint density at radius 1 is 1.10 bits per heavy atom. The number of amides is 1. The molecule has 8 nitrogen and oxygen atoms in total. The van der Waals surface area contributed by atoms with E-state index in [1.165, 1.54) is 4.31 Å². The lowest BCUT2D eigenvalue weighted by molar-refractivity contribution is 0.0924. The van der Waals surface area contributed by atoms with Gasteiger partial charge in [0.1, 0.15) is 10.6 Å². The zero-order chi connectivity index (χ0) is 21.3. The molecule has 1 aromatic carbocycles. The molecule has 0 bridgehead atoms. The summed E-state index contributed by atoms with van der Waals surface area (Å²) in [6, 6.07) is 11.2. The maximum absolute atomic E-state index is 12.9. The predicted octanol–water partition coefficient (Wildman–Crippen LogP) is 2.67. The summed E-state index contributed by atoms with van der Waals surface area (Å²) in [5.41, 5.74) is 1.93. The zero-order valence-electron chi connectivity index (χ0n) is 16.9. The SMILES string of the molecule is Cc1noc(C)c1S(=O)(=O)N1CCC(NC(=O)c2ccc(-n3cccc3)cc2)CC1. The van der Waals surface area contributed by atoms with Crippen LogP contribution in [0, 0.1) is 13.8 Å². The standard InChI is InChI=1S/C21H24N4O4S/c1-15-20(16(2)29-23-15)30(27,28)25-13-9-18(10-14-25)22-21(26)17-5-7-19(8-6-17)24-11-3-4-12-24/h3-8,11-12,18H,9-10,13-14H2,1-2H3,(H,22,26).